The van der Waals surface area contributed by atoms with Crippen LogP contribution in [0.3, 0.4) is 0 Å². The van der Waals surface area contributed by atoms with Crippen LogP contribution < -0.4 is 4.74 Å². The number of carbonyl (C=O) groups is 1. The molecule has 27 heavy (non-hydrogen) atoms. The lowest BCUT2D eigenvalue weighted by molar-refractivity contribution is -0.151. The van der Waals surface area contributed by atoms with Crippen molar-refractivity contribution in [1.29, 1.82) is 0 Å². The predicted octanol–water partition coefficient (Wildman–Crippen LogP) is 2.14. The van der Waals surface area contributed by atoms with Gasteiger partial charge in [0.25, 0.3) is 0 Å². The number of hydrogen-bond acceptors (Lipinski definition) is 7. The highest BCUT2D eigenvalue weighted by molar-refractivity contribution is 7.89. The summed E-state index contributed by atoms with van der Waals surface area (Å²) in [7, 11) is -2.06. The van der Waals surface area contributed by atoms with Gasteiger partial charge in [0.15, 0.2) is 12.4 Å². The molecule has 146 valence electrons. The molecule has 8 nitrogen and oxygen atoms in total. The van der Waals surface area contributed by atoms with Crippen molar-refractivity contribution in [2.75, 3.05) is 20.2 Å². The van der Waals surface area contributed by atoms with Gasteiger partial charge < -0.3 is 14.0 Å². The van der Waals surface area contributed by atoms with Gasteiger partial charge in [0, 0.05) is 19.2 Å². The average molecular weight is 394 g/mol. The number of hydrogen-bond donors (Lipinski definition) is 0. The van der Waals surface area contributed by atoms with E-state index >= 15 is 0 Å². The third-order valence-corrected chi connectivity index (χ3v) is 6.43. The Labute approximate surface area is 158 Å². The fraction of sp³-hybridized carbons (Fsp3) is 0.444. The van der Waals surface area contributed by atoms with E-state index in [-0.39, 0.29) is 36.5 Å². The number of esters is 1. The zero-order valence-corrected chi connectivity index (χ0v) is 16.1. The molecule has 0 atom stereocenters. The summed E-state index contributed by atoms with van der Waals surface area (Å²) in [6.07, 6.45) is 0.841. The Balaban J connectivity index is 1.54. The maximum Gasteiger partial charge on any atom is 0.309 e. The molecular weight excluding hydrogens is 372 g/mol. The van der Waals surface area contributed by atoms with Crippen LogP contribution in [0, 0.1) is 12.8 Å². The number of aryl methyl sites for hydroxylation is 1. The van der Waals surface area contributed by atoms with Crippen LogP contribution in [0.2, 0.25) is 0 Å². The molecule has 1 aromatic heterocycles. The van der Waals surface area contributed by atoms with E-state index in [1.807, 2.05) is 0 Å². The third-order valence-electron chi connectivity index (χ3n) is 4.52. The summed E-state index contributed by atoms with van der Waals surface area (Å²) >= 11 is 0. The summed E-state index contributed by atoms with van der Waals surface area (Å²) in [5.41, 5.74) is 0.720. The fourth-order valence-electron chi connectivity index (χ4n) is 2.97. The molecule has 2 aromatic rings. The van der Waals surface area contributed by atoms with E-state index < -0.39 is 10.0 Å². The second-order valence-corrected chi connectivity index (χ2v) is 8.33. The third kappa shape index (κ3) is 4.48. The van der Waals surface area contributed by atoms with Crippen molar-refractivity contribution in [3.63, 3.8) is 0 Å². The van der Waals surface area contributed by atoms with E-state index in [1.165, 1.54) is 23.5 Å². The molecule has 1 aliphatic heterocycles. The normalized spacial score (nSPS) is 16.2. The first kappa shape index (κ1) is 19.4. The molecule has 0 amide bonds. The minimum Gasteiger partial charge on any atom is -0.497 e. The van der Waals surface area contributed by atoms with E-state index in [0.29, 0.717) is 24.4 Å². The molecule has 1 aromatic carbocycles. The lowest BCUT2D eigenvalue weighted by Gasteiger charge is -2.30. The number of aromatic nitrogens is 1. The van der Waals surface area contributed by atoms with Crippen molar-refractivity contribution >= 4 is 16.0 Å². The molecule has 0 radical (unpaired) electrons. The molecular formula is C18H22N2O6S. The highest BCUT2D eigenvalue weighted by Gasteiger charge is 2.32. The van der Waals surface area contributed by atoms with Crippen LogP contribution in [0.4, 0.5) is 0 Å². The predicted molar refractivity (Wildman–Crippen MR) is 95.5 cm³/mol. The number of nitrogens with zero attached hydrogens (tertiary/aromatic N) is 2. The molecule has 0 bridgehead atoms. The molecule has 2 heterocycles. The number of ether oxygens (including phenoxy) is 2. The van der Waals surface area contributed by atoms with Crippen LogP contribution in [-0.2, 0) is 26.2 Å². The SMILES string of the molecule is COc1ccc(S(=O)(=O)N2CCC(C(=O)OCc3cc(C)no3)CC2)cc1. The first-order chi connectivity index (χ1) is 12.9. The summed E-state index contributed by atoms with van der Waals surface area (Å²) in [5, 5.41) is 3.74. The lowest BCUT2D eigenvalue weighted by atomic mass is 9.98. The van der Waals surface area contributed by atoms with Crippen LogP contribution in [-0.4, -0.2) is 44.0 Å². The largest absolute Gasteiger partial charge is 0.497 e. The Kier molecular flexibility index (Phi) is 5.81. The summed E-state index contributed by atoms with van der Waals surface area (Å²) in [5.74, 6) is 0.416. The monoisotopic (exact) mass is 394 g/mol. The van der Waals surface area contributed by atoms with Gasteiger partial charge >= 0.3 is 5.97 Å². The minimum absolute atomic E-state index is 0.0318. The number of methoxy groups -OCH3 is 1. The molecule has 0 N–H and O–H groups in total. The average Bonchev–Trinajstić information content (AvgIpc) is 3.11. The second-order valence-electron chi connectivity index (χ2n) is 6.40. The Morgan fingerprint density at radius 3 is 2.48 bits per heavy atom. The quantitative estimate of drug-likeness (QED) is 0.692. The van der Waals surface area contributed by atoms with Crippen LogP contribution in [0.1, 0.15) is 24.3 Å². The molecule has 0 spiro atoms. The van der Waals surface area contributed by atoms with Crippen molar-refractivity contribution in [3.05, 3.63) is 41.8 Å². The topological polar surface area (TPSA) is 98.9 Å². The van der Waals surface area contributed by atoms with Crippen LogP contribution in [0.15, 0.2) is 39.8 Å². The Morgan fingerprint density at radius 1 is 1.26 bits per heavy atom. The van der Waals surface area contributed by atoms with Crippen molar-refractivity contribution in [3.8, 4) is 5.75 Å². The van der Waals surface area contributed by atoms with E-state index in [2.05, 4.69) is 5.16 Å². The van der Waals surface area contributed by atoms with E-state index in [0.717, 1.165) is 5.69 Å². The number of piperidine rings is 1. The number of sulfonamides is 1. The zero-order valence-electron chi connectivity index (χ0n) is 15.3. The van der Waals surface area contributed by atoms with Gasteiger partial charge in [0.1, 0.15) is 5.75 Å². The van der Waals surface area contributed by atoms with Gasteiger partial charge in [-0.15, -0.1) is 0 Å². The van der Waals surface area contributed by atoms with Crippen LogP contribution >= 0.6 is 0 Å². The molecule has 1 fully saturated rings. The number of rotatable bonds is 6. The smallest absolute Gasteiger partial charge is 0.309 e. The zero-order chi connectivity index (χ0) is 19.4. The maximum atomic E-state index is 12.7. The number of carbonyl (C=O) groups excluding carboxylic acids is 1. The first-order valence-electron chi connectivity index (χ1n) is 8.63. The maximum absolute atomic E-state index is 12.7. The molecule has 9 heteroatoms. The number of benzene rings is 1. The van der Waals surface area contributed by atoms with E-state index in [9.17, 15) is 13.2 Å². The molecule has 0 unspecified atom stereocenters. The van der Waals surface area contributed by atoms with E-state index in [4.69, 9.17) is 14.0 Å². The molecule has 1 aliphatic rings. The summed E-state index contributed by atoms with van der Waals surface area (Å²) < 4.78 is 42.2. The minimum atomic E-state index is -3.59. The highest BCUT2D eigenvalue weighted by atomic mass is 32.2. The van der Waals surface area contributed by atoms with Gasteiger partial charge in [0.05, 0.1) is 23.6 Å². The fourth-order valence-corrected chi connectivity index (χ4v) is 4.44. The second kappa shape index (κ2) is 8.10. The summed E-state index contributed by atoms with van der Waals surface area (Å²) in [4.78, 5) is 12.4. The highest BCUT2D eigenvalue weighted by Crippen LogP contribution is 2.26. The van der Waals surface area contributed by atoms with Crippen molar-refractivity contribution in [2.45, 2.75) is 31.3 Å². The molecule has 1 saturated heterocycles. The van der Waals surface area contributed by atoms with Crippen LogP contribution in [0.5, 0.6) is 5.75 Å². The Hall–Kier alpha value is -2.39. The Bertz CT molecular complexity index is 883. The molecule has 0 saturated carbocycles. The van der Waals surface area contributed by atoms with Gasteiger partial charge in [-0.3, -0.25) is 4.79 Å². The van der Waals surface area contributed by atoms with Gasteiger partial charge in [-0.05, 0) is 44.0 Å². The van der Waals surface area contributed by atoms with Gasteiger partial charge in [-0.25, -0.2) is 8.42 Å². The van der Waals surface area contributed by atoms with Crippen LogP contribution in [0.25, 0.3) is 0 Å². The van der Waals surface area contributed by atoms with Crippen molar-refractivity contribution < 1.29 is 27.2 Å². The molecule has 0 aliphatic carbocycles. The van der Waals surface area contributed by atoms with Gasteiger partial charge in [-0.2, -0.15) is 4.31 Å². The van der Waals surface area contributed by atoms with Crippen molar-refractivity contribution in [2.24, 2.45) is 5.92 Å². The summed E-state index contributed by atoms with van der Waals surface area (Å²) in [6.45, 7) is 2.36. The first-order valence-corrected chi connectivity index (χ1v) is 10.1. The standard InChI is InChI=1S/C18H22N2O6S/c1-13-11-16(26-19-13)12-25-18(21)14-7-9-20(10-8-14)27(22,23)17-5-3-15(24-2)4-6-17/h3-6,11,14H,7-10,12H2,1-2H3. The van der Waals surface area contributed by atoms with Gasteiger partial charge in [0.2, 0.25) is 10.0 Å². The summed E-state index contributed by atoms with van der Waals surface area (Å²) in [6, 6.07) is 7.98. The lowest BCUT2D eigenvalue weighted by Crippen LogP contribution is -2.40. The van der Waals surface area contributed by atoms with Crippen molar-refractivity contribution in [1.82, 2.24) is 9.46 Å². The Morgan fingerprint density at radius 2 is 1.93 bits per heavy atom. The molecule has 3 rings (SSSR count). The van der Waals surface area contributed by atoms with Gasteiger partial charge in [-0.1, -0.05) is 5.16 Å². The van der Waals surface area contributed by atoms with E-state index in [1.54, 1.807) is 25.1 Å².